The maximum absolute atomic E-state index is 3.94. The summed E-state index contributed by atoms with van der Waals surface area (Å²) in [5, 5.41) is 7.89. The molecule has 0 aromatic rings. The van der Waals surface area contributed by atoms with Gasteiger partial charge in [-0.2, -0.15) is 0 Å². The molecule has 2 nitrogen and oxygen atoms in total. The van der Waals surface area contributed by atoms with Gasteiger partial charge in [-0.3, -0.25) is 10.6 Å². The molecule has 4 aliphatic rings. The van der Waals surface area contributed by atoms with E-state index < -0.39 is 6.89 Å². The Hall–Kier alpha value is 0.220. The lowest BCUT2D eigenvalue weighted by Gasteiger charge is -2.51. The van der Waals surface area contributed by atoms with Crippen LogP contribution in [0.25, 0.3) is 0 Å². The Morgan fingerprint density at radius 1 is 0.500 bits per heavy atom. The molecule has 138 valence electrons. The summed E-state index contributed by atoms with van der Waals surface area (Å²) in [6, 6.07) is 0. The highest BCUT2D eigenvalue weighted by atomic mass is 31.2. The zero-order chi connectivity index (χ0) is 16.2. The normalized spacial score (nSPS) is 29.2. The molecule has 0 radical (unpaired) electrons. The molecule has 1 aliphatic heterocycles. The number of rotatable bonds is 3. The van der Waals surface area contributed by atoms with Crippen LogP contribution in [0, 0.1) is 0 Å². The number of nitrogens with one attached hydrogen (secondary N) is 2. The lowest BCUT2D eigenvalue weighted by atomic mass is 9.99. The van der Waals surface area contributed by atoms with Gasteiger partial charge in [0.15, 0.2) is 0 Å². The molecule has 4 rings (SSSR count). The number of hydrogen-bond acceptors (Lipinski definition) is 0. The van der Waals surface area contributed by atoms with Crippen LogP contribution in [0.15, 0.2) is 0 Å². The molecule has 3 heteroatoms. The van der Waals surface area contributed by atoms with E-state index >= 15 is 0 Å². The van der Waals surface area contributed by atoms with Gasteiger partial charge in [0.2, 0.25) is 0 Å². The van der Waals surface area contributed by atoms with Crippen molar-refractivity contribution in [3.05, 3.63) is 0 Å². The maximum Gasteiger partial charge on any atom is 0.0540 e. The van der Waals surface area contributed by atoms with Crippen LogP contribution in [0.2, 0.25) is 0 Å². The summed E-state index contributed by atoms with van der Waals surface area (Å²) in [5.74, 6) is 0. The SMILES string of the molecule is C1CCC(P(=C2NCCN2)(C2CCCCC2)C2CCCCC2)CC1. The highest BCUT2D eigenvalue weighted by molar-refractivity contribution is 7.78. The quantitative estimate of drug-likeness (QED) is 0.677. The van der Waals surface area contributed by atoms with Crippen LogP contribution in [0.1, 0.15) is 96.3 Å². The topological polar surface area (TPSA) is 24.1 Å². The minimum atomic E-state index is -1.08. The van der Waals surface area contributed by atoms with Crippen LogP contribution in [-0.4, -0.2) is 35.6 Å². The van der Waals surface area contributed by atoms with Crippen LogP contribution < -0.4 is 10.6 Å². The van der Waals surface area contributed by atoms with Gasteiger partial charge < -0.3 is 0 Å². The fourth-order valence-corrected chi connectivity index (χ4v) is 14.0. The first kappa shape index (κ1) is 17.6. The third-order valence-electron chi connectivity index (χ3n) is 7.63. The molecule has 0 atom stereocenters. The second kappa shape index (κ2) is 8.28. The van der Waals surface area contributed by atoms with Crippen molar-refractivity contribution < 1.29 is 0 Å². The molecule has 0 aromatic carbocycles. The summed E-state index contributed by atoms with van der Waals surface area (Å²) >= 11 is 0. The molecule has 3 saturated carbocycles. The van der Waals surface area contributed by atoms with Crippen LogP contribution in [-0.2, 0) is 0 Å². The minimum Gasteiger partial charge on any atom is -0.278 e. The second-order valence-electron chi connectivity index (χ2n) is 8.91. The Morgan fingerprint density at radius 3 is 1.17 bits per heavy atom. The van der Waals surface area contributed by atoms with Gasteiger partial charge in [0, 0.05) is 13.1 Å². The average molecular weight is 351 g/mol. The van der Waals surface area contributed by atoms with E-state index in [2.05, 4.69) is 10.6 Å². The zero-order valence-electron chi connectivity index (χ0n) is 15.7. The smallest absolute Gasteiger partial charge is 0.0540 e. The minimum absolute atomic E-state index is 1.06. The Bertz CT molecular complexity index is 394. The van der Waals surface area contributed by atoms with Gasteiger partial charge in [-0.15, -0.1) is 0 Å². The van der Waals surface area contributed by atoms with Gasteiger partial charge in [-0.25, -0.2) is 0 Å². The Kier molecular flexibility index (Phi) is 6.08. The fraction of sp³-hybridized carbons (Fsp3) is 0.952. The molecule has 3 aliphatic carbocycles. The van der Waals surface area contributed by atoms with Crippen LogP contribution in [0.3, 0.4) is 0 Å². The molecule has 0 unspecified atom stereocenters. The first-order valence-corrected chi connectivity index (χ1v) is 13.2. The Balaban J connectivity index is 1.79. The third-order valence-corrected chi connectivity index (χ3v) is 13.9. The summed E-state index contributed by atoms with van der Waals surface area (Å²) < 4.78 is 0. The Morgan fingerprint density at radius 2 is 0.833 bits per heavy atom. The lowest BCUT2D eigenvalue weighted by Crippen LogP contribution is -2.40. The molecular formula is C21H39N2P. The van der Waals surface area contributed by atoms with Crippen molar-refractivity contribution in [1.82, 2.24) is 10.6 Å². The standard InChI is InChI=1S/C21H39N2P/c1-4-10-18(11-5-1)24(21-22-16-17-23-21,19-12-6-2-7-13-19)20-14-8-3-9-15-20/h18-20,22-23H,1-17H2. The molecule has 24 heavy (non-hydrogen) atoms. The van der Waals surface area contributed by atoms with Gasteiger partial charge in [0.05, 0.1) is 5.54 Å². The van der Waals surface area contributed by atoms with E-state index in [-0.39, 0.29) is 0 Å². The van der Waals surface area contributed by atoms with Crippen molar-refractivity contribution in [3.8, 4) is 0 Å². The van der Waals surface area contributed by atoms with Crippen LogP contribution >= 0.6 is 6.89 Å². The monoisotopic (exact) mass is 350 g/mol. The van der Waals surface area contributed by atoms with Crippen molar-refractivity contribution in [1.29, 1.82) is 0 Å². The van der Waals surface area contributed by atoms with Crippen molar-refractivity contribution in [2.45, 2.75) is 113 Å². The molecular weight excluding hydrogens is 311 g/mol. The van der Waals surface area contributed by atoms with E-state index in [4.69, 9.17) is 0 Å². The van der Waals surface area contributed by atoms with Crippen molar-refractivity contribution in [3.63, 3.8) is 0 Å². The fourth-order valence-electron chi connectivity index (χ4n) is 6.67. The third kappa shape index (κ3) is 3.28. The molecule has 1 heterocycles. The van der Waals surface area contributed by atoms with E-state index in [1.807, 2.05) is 0 Å². The van der Waals surface area contributed by atoms with Crippen LogP contribution in [0.4, 0.5) is 0 Å². The predicted octanol–water partition coefficient (Wildman–Crippen LogP) is 5.28. The van der Waals surface area contributed by atoms with E-state index in [0.717, 1.165) is 17.0 Å². The van der Waals surface area contributed by atoms with Crippen molar-refractivity contribution >= 4 is 12.4 Å². The molecule has 4 fully saturated rings. The predicted molar refractivity (Wildman–Crippen MR) is 109 cm³/mol. The summed E-state index contributed by atoms with van der Waals surface area (Å²) in [6.07, 6.45) is 22.9. The Labute approximate surface area is 149 Å². The second-order valence-corrected chi connectivity index (χ2v) is 13.2. The molecule has 0 aromatic heterocycles. The lowest BCUT2D eigenvalue weighted by molar-refractivity contribution is 0.457. The van der Waals surface area contributed by atoms with Gasteiger partial charge in [-0.1, -0.05) is 64.7 Å². The van der Waals surface area contributed by atoms with Gasteiger partial charge in [-0.05, 0) is 55.5 Å². The molecule has 1 saturated heterocycles. The number of hydrogen-bond donors (Lipinski definition) is 2. The zero-order valence-corrected chi connectivity index (χ0v) is 16.6. The van der Waals surface area contributed by atoms with Crippen LogP contribution in [0.5, 0.6) is 0 Å². The first-order chi connectivity index (χ1) is 11.9. The summed E-state index contributed by atoms with van der Waals surface area (Å²) in [7, 11) is 0. The molecule has 0 spiro atoms. The van der Waals surface area contributed by atoms with Gasteiger partial charge in [0.1, 0.15) is 0 Å². The van der Waals surface area contributed by atoms with Gasteiger partial charge in [0.25, 0.3) is 0 Å². The van der Waals surface area contributed by atoms with Crippen molar-refractivity contribution in [2.75, 3.05) is 13.1 Å². The highest BCUT2D eigenvalue weighted by Gasteiger charge is 2.45. The van der Waals surface area contributed by atoms with Gasteiger partial charge >= 0.3 is 0 Å². The molecule has 2 N–H and O–H groups in total. The molecule has 0 amide bonds. The van der Waals surface area contributed by atoms with E-state index in [0.29, 0.717) is 0 Å². The van der Waals surface area contributed by atoms with E-state index in [9.17, 15) is 0 Å². The summed E-state index contributed by atoms with van der Waals surface area (Å²) in [4.78, 5) is 0. The first-order valence-electron chi connectivity index (χ1n) is 11.2. The largest absolute Gasteiger partial charge is 0.278 e. The highest BCUT2D eigenvalue weighted by Crippen LogP contribution is 2.69. The van der Waals surface area contributed by atoms with Crippen molar-refractivity contribution in [2.24, 2.45) is 0 Å². The summed E-state index contributed by atoms with van der Waals surface area (Å²) in [6.45, 7) is 1.29. The molecule has 0 bridgehead atoms. The van der Waals surface area contributed by atoms with E-state index in [1.54, 1.807) is 44.1 Å². The maximum atomic E-state index is 3.94. The average Bonchev–Trinajstić information content (AvgIpc) is 3.20. The van der Waals surface area contributed by atoms with E-state index in [1.165, 1.54) is 70.9 Å². The summed E-state index contributed by atoms with van der Waals surface area (Å²) in [5.41, 5.74) is 4.91.